The van der Waals surface area contributed by atoms with Crippen molar-refractivity contribution >= 4 is 5.78 Å². The summed E-state index contributed by atoms with van der Waals surface area (Å²) in [5.41, 5.74) is 0.749. The zero-order chi connectivity index (χ0) is 16.0. The first-order chi connectivity index (χ1) is 10.8. The molecule has 4 nitrogen and oxygen atoms in total. The molecule has 0 fully saturated rings. The first kappa shape index (κ1) is 19.0. The van der Waals surface area contributed by atoms with Gasteiger partial charge in [-0.05, 0) is 25.7 Å². The van der Waals surface area contributed by atoms with E-state index in [9.17, 15) is 9.90 Å². The molecular weight excluding hydrogens is 278 g/mol. The number of allylic oxidation sites excluding steroid dienone is 2. The number of carbonyl (C=O) groups excluding carboxylic acids is 1. The van der Waals surface area contributed by atoms with Crippen LogP contribution in [0.1, 0.15) is 83.5 Å². The van der Waals surface area contributed by atoms with Gasteiger partial charge in [0, 0.05) is 19.6 Å². The van der Waals surface area contributed by atoms with Gasteiger partial charge in [-0.2, -0.15) is 0 Å². The highest BCUT2D eigenvalue weighted by atomic mass is 16.3. The van der Waals surface area contributed by atoms with E-state index in [1.165, 1.54) is 44.9 Å². The third kappa shape index (κ3) is 8.42. The van der Waals surface area contributed by atoms with E-state index in [0.29, 0.717) is 13.0 Å². The first-order valence-electron chi connectivity index (χ1n) is 9.05. The summed E-state index contributed by atoms with van der Waals surface area (Å²) in [6.07, 6.45) is 14.3. The number of ketones is 1. The van der Waals surface area contributed by atoms with Crippen molar-refractivity contribution in [3.05, 3.63) is 11.5 Å². The molecule has 0 aromatic carbocycles. The fourth-order valence-corrected chi connectivity index (χ4v) is 2.89. The average molecular weight is 311 g/mol. The molecule has 1 rings (SSSR count). The third-order valence-corrected chi connectivity index (χ3v) is 4.30. The second-order valence-corrected chi connectivity index (χ2v) is 6.29. The van der Waals surface area contributed by atoms with Crippen LogP contribution in [-0.4, -0.2) is 29.1 Å². The average Bonchev–Trinajstić information content (AvgIpc) is 2.52. The van der Waals surface area contributed by atoms with E-state index >= 15 is 0 Å². The standard InChI is InChI=1S/C18H33NO3/c20-15-10-8-6-4-2-1-3-5-7-9-14-19-16-12-11-13-17(21)18(16)22/h19-20,22H,1-15H2. The van der Waals surface area contributed by atoms with E-state index in [-0.39, 0.29) is 11.5 Å². The molecular formula is C18H33NO3. The Labute approximate surface area is 135 Å². The fourth-order valence-electron chi connectivity index (χ4n) is 2.89. The van der Waals surface area contributed by atoms with Gasteiger partial charge >= 0.3 is 0 Å². The van der Waals surface area contributed by atoms with E-state index in [2.05, 4.69) is 5.32 Å². The lowest BCUT2D eigenvalue weighted by molar-refractivity contribution is -0.118. The molecule has 0 saturated heterocycles. The molecule has 0 aromatic rings. The monoisotopic (exact) mass is 311 g/mol. The molecule has 0 atom stereocenters. The predicted molar refractivity (Wildman–Crippen MR) is 89.8 cm³/mol. The largest absolute Gasteiger partial charge is 0.503 e. The van der Waals surface area contributed by atoms with Gasteiger partial charge in [0.15, 0.2) is 11.5 Å². The van der Waals surface area contributed by atoms with Crippen molar-refractivity contribution < 1.29 is 15.0 Å². The van der Waals surface area contributed by atoms with Gasteiger partial charge in [-0.25, -0.2) is 0 Å². The van der Waals surface area contributed by atoms with Crippen LogP contribution in [-0.2, 0) is 4.79 Å². The minimum absolute atomic E-state index is 0.0348. The molecule has 4 heteroatoms. The number of aliphatic hydroxyl groups excluding tert-OH is 2. The van der Waals surface area contributed by atoms with Crippen LogP contribution in [0.15, 0.2) is 11.5 Å². The summed E-state index contributed by atoms with van der Waals surface area (Å²) >= 11 is 0. The van der Waals surface area contributed by atoms with Crippen LogP contribution in [0.3, 0.4) is 0 Å². The minimum atomic E-state index is -0.118. The predicted octanol–water partition coefficient (Wildman–Crippen LogP) is 3.99. The van der Waals surface area contributed by atoms with E-state index in [1.54, 1.807) is 0 Å². The summed E-state index contributed by atoms with van der Waals surface area (Å²) in [7, 11) is 0. The van der Waals surface area contributed by atoms with Crippen molar-refractivity contribution in [3.63, 3.8) is 0 Å². The lowest BCUT2D eigenvalue weighted by Crippen LogP contribution is -2.23. The Morgan fingerprint density at radius 3 is 1.95 bits per heavy atom. The SMILES string of the molecule is O=C1CCCC(NCCCCCCCCCCCCO)=C1O. The highest BCUT2D eigenvalue weighted by Crippen LogP contribution is 2.18. The highest BCUT2D eigenvalue weighted by Gasteiger charge is 2.18. The maximum absolute atomic E-state index is 11.4. The normalized spacial score (nSPS) is 15.4. The zero-order valence-corrected chi connectivity index (χ0v) is 13.9. The molecule has 0 unspecified atom stereocenters. The molecule has 0 aromatic heterocycles. The number of carbonyl (C=O) groups is 1. The molecule has 0 bridgehead atoms. The Morgan fingerprint density at radius 2 is 1.36 bits per heavy atom. The summed E-state index contributed by atoms with van der Waals surface area (Å²) < 4.78 is 0. The van der Waals surface area contributed by atoms with Crippen molar-refractivity contribution in [2.24, 2.45) is 0 Å². The first-order valence-corrected chi connectivity index (χ1v) is 9.05. The maximum atomic E-state index is 11.4. The van der Waals surface area contributed by atoms with E-state index in [0.717, 1.165) is 44.3 Å². The van der Waals surface area contributed by atoms with Crippen LogP contribution >= 0.6 is 0 Å². The second-order valence-electron chi connectivity index (χ2n) is 6.29. The molecule has 0 aliphatic heterocycles. The van der Waals surface area contributed by atoms with Gasteiger partial charge in [0.05, 0.1) is 5.70 Å². The van der Waals surface area contributed by atoms with Crippen LogP contribution in [0, 0.1) is 0 Å². The van der Waals surface area contributed by atoms with Gasteiger partial charge in [-0.15, -0.1) is 0 Å². The lowest BCUT2D eigenvalue weighted by Gasteiger charge is -2.16. The number of aliphatic hydroxyl groups is 2. The van der Waals surface area contributed by atoms with Crippen LogP contribution in [0.4, 0.5) is 0 Å². The van der Waals surface area contributed by atoms with Gasteiger partial charge in [0.1, 0.15) is 0 Å². The van der Waals surface area contributed by atoms with Crippen molar-refractivity contribution in [2.75, 3.05) is 13.2 Å². The number of unbranched alkanes of at least 4 members (excludes halogenated alkanes) is 9. The Bertz CT molecular complexity index is 339. The van der Waals surface area contributed by atoms with Crippen LogP contribution < -0.4 is 5.32 Å². The molecule has 128 valence electrons. The Morgan fingerprint density at radius 1 is 0.818 bits per heavy atom. The van der Waals surface area contributed by atoms with Gasteiger partial charge < -0.3 is 15.5 Å². The van der Waals surface area contributed by atoms with E-state index in [4.69, 9.17) is 5.11 Å². The Hall–Kier alpha value is -1.03. The van der Waals surface area contributed by atoms with E-state index < -0.39 is 0 Å². The number of hydrogen-bond acceptors (Lipinski definition) is 4. The third-order valence-electron chi connectivity index (χ3n) is 4.30. The molecule has 3 N–H and O–H groups in total. The molecule has 1 aliphatic rings. The zero-order valence-electron chi connectivity index (χ0n) is 13.9. The molecule has 0 saturated carbocycles. The minimum Gasteiger partial charge on any atom is -0.503 e. The van der Waals surface area contributed by atoms with Crippen molar-refractivity contribution in [1.82, 2.24) is 5.32 Å². The highest BCUT2D eigenvalue weighted by molar-refractivity contribution is 5.94. The van der Waals surface area contributed by atoms with Gasteiger partial charge in [0.2, 0.25) is 0 Å². The van der Waals surface area contributed by atoms with Crippen LogP contribution in [0.2, 0.25) is 0 Å². The van der Waals surface area contributed by atoms with Gasteiger partial charge in [-0.1, -0.05) is 51.4 Å². The second kappa shape index (κ2) is 12.5. The Balaban J connectivity index is 1.88. The maximum Gasteiger partial charge on any atom is 0.198 e. The molecule has 22 heavy (non-hydrogen) atoms. The number of hydrogen-bond donors (Lipinski definition) is 3. The van der Waals surface area contributed by atoms with Crippen molar-refractivity contribution in [1.29, 1.82) is 0 Å². The van der Waals surface area contributed by atoms with Crippen LogP contribution in [0.5, 0.6) is 0 Å². The van der Waals surface area contributed by atoms with Gasteiger partial charge in [-0.3, -0.25) is 4.79 Å². The van der Waals surface area contributed by atoms with E-state index in [1.807, 2.05) is 0 Å². The summed E-state index contributed by atoms with van der Waals surface area (Å²) in [5, 5.41) is 21.6. The molecule has 0 amide bonds. The molecule has 0 heterocycles. The summed E-state index contributed by atoms with van der Waals surface area (Å²) in [4.78, 5) is 11.4. The number of Topliss-reactive ketones (excluding diaryl/α,β-unsaturated/α-hetero) is 1. The number of nitrogens with one attached hydrogen (secondary N) is 1. The number of rotatable bonds is 13. The molecule has 0 radical (unpaired) electrons. The molecule has 0 spiro atoms. The molecule has 1 aliphatic carbocycles. The summed E-state index contributed by atoms with van der Waals surface area (Å²) in [5.74, 6) is -0.153. The van der Waals surface area contributed by atoms with Crippen LogP contribution in [0.25, 0.3) is 0 Å². The quantitative estimate of drug-likeness (QED) is 0.450. The topological polar surface area (TPSA) is 69.6 Å². The fraction of sp³-hybridized carbons (Fsp3) is 0.833. The smallest absolute Gasteiger partial charge is 0.198 e. The lowest BCUT2D eigenvalue weighted by atomic mass is 10.0. The van der Waals surface area contributed by atoms with Crippen molar-refractivity contribution in [2.45, 2.75) is 83.5 Å². The summed E-state index contributed by atoms with van der Waals surface area (Å²) in [6.45, 7) is 1.19. The van der Waals surface area contributed by atoms with Crippen molar-refractivity contribution in [3.8, 4) is 0 Å². The Kier molecular flexibility index (Phi) is 10.8. The summed E-state index contributed by atoms with van der Waals surface area (Å²) in [6, 6.07) is 0. The van der Waals surface area contributed by atoms with Gasteiger partial charge in [0.25, 0.3) is 0 Å².